The van der Waals surface area contributed by atoms with E-state index in [4.69, 9.17) is 4.74 Å². The summed E-state index contributed by atoms with van der Waals surface area (Å²) in [7, 11) is 0. The predicted octanol–water partition coefficient (Wildman–Crippen LogP) is 3.58. The number of nitrogens with one attached hydrogen (secondary N) is 2. The van der Waals surface area contributed by atoms with Crippen LogP contribution < -0.4 is 15.4 Å². The highest BCUT2D eigenvalue weighted by atomic mass is 32.2. The first kappa shape index (κ1) is 19.5. The van der Waals surface area contributed by atoms with Crippen LogP contribution in [0.2, 0.25) is 0 Å². The number of hydrogen-bond acceptors (Lipinski definition) is 8. The van der Waals surface area contributed by atoms with Gasteiger partial charge in [-0.3, -0.25) is 4.79 Å². The monoisotopic (exact) mass is 403 g/mol. The molecule has 1 fully saturated rings. The lowest BCUT2D eigenvalue weighted by Crippen LogP contribution is -2.47. The number of ether oxygens (including phenoxy) is 1. The average Bonchev–Trinajstić information content (AvgIpc) is 3.43. The van der Waals surface area contributed by atoms with Gasteiger partial charge in [-0.15, -0.1) is 10.2 Å². The zero-order chi connectivity index (χ0) is 19.3. The summed E-state index contributed by atoms with van der Waals surface area (Å²) in [4.78, 5) is 12.2. The molecule has 1 aromatic heterocycles. The quantitative estimate of drug-likeness (QED) is 0.617. The van der Waals surface area contributed by atoms with Crippen LogP contribution >= 0.6 is 23.1 Å². The molecule has 1 saturated carbocycles. The molecule has 27 heavy (non-hydrogen) atoms. The molecule has 1 heterocycles. The minimum atomic E-state index is -0.769. The zero-order valence-electron chi connectivity index (χ0n) is 15.2. The summed E-state index contributed by atoms with van der Waals surface area (Å²) in [5, 5.41) is 24.2. The van der Waals surface area contributed by atoms with E-state index < -0.39 is 5.54 Å². The maximum atomic E-state index is 12.2. The standard InChI is InChI=1S/C18H21N5O2S2/c1-3-25-14-7-5-4-6-13(14)20-16-22-23-17(27-16)26-10-15(24)21-18(2,11-19)12-8-9-12/h4-7,12H,3,8-10H2,1-2H3,(H,20,22)(H,21,24)/t18-/m0/s1. The summed E-state index contributed by atoms with van der Waals surface area (Å²) in [6, 6.07) is 9.85. The molecule has 0 unspecified atom stereocenters. The first-order valence-corrected chi connectivity index (χ1v) is 10.5. The molecule has 1 aromatic carbocycles. The Balaban J connectivity index is 1.54. The van der Waals surface area contributed by atoms with Gasteiger partial charge in [0, 0.05) is 0 Å². The van der Waals surface area contributed by atoms with E-state index in [9.17, 15) is 10.1 Å². The van der Waals surface area contributed by atoms with Crippen LogP contribution in [0.1, 0.15) is 26.7 Å². The number of anilines is 2. The number of hydrogen-bond donors (Lipinski definition) is 2. The van der Waals surface area contributed by atoms with Gasteiger partial charge >= 0.3 is 0 Å². The SMILES string of the molecule is CCOc1ccccc1Nc1nnc(SCC(=O)N[C@@](C)(C#N)C2CC2)s1. The van der Waals surface area contributed by atoms with E-state index >= 15 is 0 Å². The number of nitriles is 1. The second kappa shape index (κ2) is 8.59. The Morgan fingerprint density at radius 3 is 2.93 bits per heavy atom. The van der Waals surface area contributed by atoms with Crippen molar-refractivity contribution in [2.45, 2.75) is 36.6 Å². The molecule has 0 radical (unpaired) electrons. The number of carbonyl (C=O) groups excluding carboxylic acids is 1. The normalized spacial score (nSPS) is 15.4. The van der Waals surface area contributed by atoms with Crippen LogP contribution in [0.3, 0.4) is 0 Å². The number of amides is 1. The van der Waals surface area contributed by atoms with Gasteiger partial charge in [-0.2, -0.15) is 5.26 Å². The largest absolute Gasteiger partial charge is 0.492 e. The molecule has 0 aliphatic heterocycles. The minimum Gasteiger partial charge on any atom is -0.492 e. The van der Waals surface area contributed by atoms with Crippen LogP contribution in [0.25, 0.3) is 0 Å². The molecule has 1 amide bonds. The summed E-state index contributed by atoms with van der Waals surface area (Å²) >= 11 is 2.68. The van der Waals surface area contributed by atoms with Crippen LogP contribution in [0.4, 0.5) is 10.8 Å². The van der Waals surface area contributed by atoms with Gasteiger partial charge in [0.05, 0.1) is 24.1 Å². The van der Waals surface area contributed by atoms with Crippen LogP contribution in [0.15, 0.2) is 28.6 Å². The fourth-order valence-corrected chi connectivity index (χ4v) is 4.18. The molecule has 1 atom stereocenters. The fourth-order valence-electron chi connectivity index (χ4n) is 2.62. The van der Waals surface area contributed by atoms with Crippen molar-refractivity contribution >= 4 is 39.8 Å². The highest BCUT2D eigenvalue weighted by Gasteiger charge is 2.42. The Morgan fingerprint density at radius 1 is 1.44 bits per heavy atom. The minimum absolute atomic E-state index is 0.164. The van der Waals surface area contributed by atoms with Gasteiger partial charge in [0.15, 0.2) is 4.34 Å². The Morgan fingerprint density at radius 2 is 2.22 bits per heavy atom. The molecular formula is C18H21N5O2S2. The van der Waals surface area contributed by atoms with Crippen molar-refractivity contribution in [3.63, 3.8) is 0 Å². The lowest BCUT2D eigenvalue weighted by Gasteiger charge is -2.22. The highest BCUT2D eigenvalue weighted by molar-refractivity contribution is 8.01. The third-order valence-corrected chi connectivity index (χ3v) is 6.16. The Kier molecular flexibility index (Phi) is 6.19. The van der Waals surface area contributed by atoms with Crippen molar-refractivity contribution < 1.29 is 9.53 Å². The van der Waals surface area contributed by atoms with Crippen molar-refractivity contribution in [1.82, 2.24) is 15.5 Å². The van der Waals surface area contributed by atoms with E-state index in [1.165, 1.54) is 23.1 Å². The molecule has 0 spiro atoms. The number of thioether (sulfide) groups is 1. The van der Waals surface area contributed by atoms with Crippen molar-refractivity contribution in [3.05, 3.63) is 24.3 Å². The summed E-state index contributed by atoms with van der Waals surface area (Å²) in [5.74, 6) is 1.05. The third kappa shape index (κ3) is 5.11. The molecule has 1 aliphatic rings. The second-order valence-corrected chi connectivity index (χ2v) is 8.55. The van der Waals surface area contributed by atoms with Crippen molar-refractivity contribution in [2.75, 3.05) is 17.7 Å². The summed E-state index contributed by atoms with van der Waals surface area (Å²) in [6.07, 6.45) is 1.98. The maximum absolute atomic E-state index is 12.2. The van der Waals surface area contributed by atoms with E-state index in [1.807, 2.05) is 31.2 Å². The average molecular weight is 404 g/mol. The topological polar surface area (TPSA) is 99.9 Å². The summed E-state index contributed by atoms with van der Waals surface area (Å²) in [6.45, 7) is 4.30. The van der Waals surface area contributed by atoms with Gasteiger partial charge in [0.1, 0.15) is 11.3 Å². The molecule has 2 aromatic rings. The molecule has 9 heteroatoms. The molecule has 1 aliphatic carbocycles. The smallest absolute Gasteiger partial charge is 0.231 e. The van der Waals surface area contributed by atoms with Crippen LogP contribution in [0, 0.1) is 17.2 Å². The fraction of sp³-hybridized carbons (Fsp3) is 0.444. The van der Waals surface area contributed by atoms with Crippen LogP contribution in [-0.4, -0.2) is 34.0 Å². The van der Waals surface area contributed by atoms with Crippen molar-refractivity contribution in [3.8, 4) is 11.8 Å². The predicted molar refractivity (Wildman–Crippen MR) is 106 cm³/mol. The molecule has 2 N–H and O–H groups in total. The number of para-hydroxylation sites is 2. The zero-order valence-corrected chi connectivity index (χ0v) is 16.8. The van der Waals surface area contributed by atoms with E-state index in [1.54, 1.807) is 6.92 Å². The number of carbonyl (C=O) groups is 1. The van der Waals surface area contributed by atoms with E-state index in [0.29, 0.717) is 16.1 Å². The number of aromatic nitrogens is 2. The van der Waals surface area contributed by atoms with Crippen molar-refractivity contribution in [1.29, 1.82) is 5.26 Å². The Bertz CT molecular complexity index is 846. The summed E-state index contributed by atoms with van der Waals surface area (Å²) < 4.78 is 6.27. The third-order valence-electron chi connectivity index (χ3n) is 4.19. The van der Waals surface area contributed by atoms with E-state index in [2.05, 4.69) is 26.9 Å². The number of rotatable bonds is 9. The first-order chi connectivity index (χ1) is 13.0. The lowest BCUT2D eigenvalue weighted by atomic mass is 9.98. The molecule has 3 rings (SSSR count). The molecular weight excluding hydrogens is 382 g/mol. The maximum Gasteiger partial charge on any atom is 0.231 e. The second-order valence-electron chi connectivity index (χ2n) is 6.35. The van der Waals surface area contributed by atoms with E-state index in [0.717, 1.165) is 24.3 Å². The van der Waals surface area contributed by atoms with Gasteiger partial charge in [0.25, 0.3) is 0 Å². The molecule has 142 valence electrons. The van der Waals surface area contributed by atoms with Gasteiger partial charge in [-0.25, -0.2) is 0 Å². The molecule has 0 saturated heterocycles. The van der Waals surface area contributed by atoms with E-state index in [-0.39, 0.29) is 17.6 Å². The van der Waals surface area contributed by atoms with Gasteiger partial charge in [-0.05, 0) is 44.7 Å². The van der Waals surface area contributed by atoms with Gasteiger partial charge < -0.3 is 15.4 Å². The van der Waals surface area contributed by atoms with Crippen molar-refractivity contribution in [2.24, 2.45) is 5.92 Å². The highest BCUT2D eigenvalue weighted by Crippen LogP contribution is 2.39. The molecule has 7 nitrogen and oxygen atoms in total. The van der Waals surface area contributed by atoms with Crippen LogP contribution in [-0.2, 0) is 4.79 Å². The number of nitrogens with zero attached hydrogens (tertiary/aromatic N) is 3. The molecule has 0 bridgehead atoms. The lowest BCUT2D eigenvalue weighted by molar-refractivity contribution is -0.119. The summed E-state index contributed by atoms with van der Waals surface area (Å²) in [5.41, 5.74) is 0.0492. The van der Waals surface area contributed by atoms with Gasteiger partial charge in [0.2, 0.25) is 11.0 Å². The van der Waals surface area contributed by atoms with Crippen LogP contribution in [0.5, 0.6) is 5.75 Å². The Labute approximate surface area is 166 Å². The van der Waals surface area contributed by atoms with Gasteiger partial charge in [-0.1, -0.05) is 35.2 Å². The Hall–Kier alpha value is -2.31. The number of benzene rings is 1. The first-order valence-electron chi connectivity index (χ1n) is 8.71.